The Hall–Kier alpha value is -1.48. The molecule has 2 rings (SSSR count). The molecule has 2 nitrogen and oxygen atoms in total. The van der Waals surface area contributed by atoms with E-state index >= 15 is 0 Å². The van der Waals surface area contributed by atoms with Crippen LogP contribution in [0.3, 0.4) is 0 Å². The summed E-state index contributed by atoms with van der Waals surface area (Å²) in [5, 5.41) is 0. The first-order valence-electron chi connectivity index (χ1n) is 5.43. The van der Waals surface area contributed by atoms with E-state index < -0.39 is 0 Å². The molecule has 2 aromatic carbocycles. The second kappa shape index (κ2) is 4.80. The molecule has 0 heterocycles. The molecule has 17 heavy (non-hydrogen) atoms. The minimum absolute atomic E-state index is 0.775. The molecule has 0 saturated carbocycles. The Labute approximate surface area is 110 Å². The lowest BCUT2D eigenvalue weighted by molar-refractivity contribution is 1.20. The van der Waals surface area contributed by atoms with Crippen LogP contribution in [0.15, 0.2) is 46.9 Å². The van der Waals surface area contributed by atoms with E-state index in [-0.39, 0.29) is 0 Å². The van der Waals surface area contributed by atoms with Crippen molar-refractivity contribution < 1.29 is 0 Å². The molecule has 0 saturated heterocycles. The maximum atomic E-state index is 6.00. The number of halogens is 1. The van der Waals surface area contributed by atoms with Crippen LogP contribution in [-0.4, -0.2) is 7.05 Å². The summed E-state index contributed by atoms with van der Waals surface area (Å²) < 4.78 is 1.03. The highest BCUT2D eigenvalue weighted by molar-refractivity contribution is 9.10. The van der Waals surface area contributed by atoms with Gasteiger partial charge in [0.1, 0.15) is 0 Å². The lowest BCUT2D eigenvalue weighted by atomic mass is 10.2. The molecule has 0 bridgehead atoms. The summed E-state index contributed by atoms with van der Waals surface area (Å²) in [6, 6.07) is 14.2. The Morgan fingerprint density at radius 2 is 1.88 bits per heavy atom. The molecule has 0 aromatic heterocycles. The minimum Gasteiger partial charge on any atom is -0.397 e. The summed E-state index contributed by atoms with van der Waals surface area (Å²) in [5.74, 6) is 0. The summed E-state index contributed by atoms with van der Waals surface area (Å²) in [7, 11) is 2.02. The van der Waals surface area contributed by atoms with Gasteiger partial charge in [0.05, 0.1) is 11.4 Å². The SMILES string of the molecule is Cc1cccc(N(C)c2cc(Br)ccc2N)c1. The standard InChI is InChI=1S/C14H15BrN2/c1-10-4-3-5-12(8-10)17(2)14-9-11(15)6-7-13(14)16/h3-9H,16H2,1-2H3. The Bertz CT molecular complexity index is 537. The van der Waals surface area contributed by atoms with E-state index in [0.29, 0.717) is 0 Å². The lowest BCUT2D eigenvalue weighted by Crippen LogP contribution is -2.11. The minimum atomic E-state index is 0.775. The van der Waals surface area contributed by atoms with Gasteiger partial charge in [-0.25, -0.2) is 0 Å². The van der Waals surface area contributed by atoms with Crippen LogP contribution in [0.4, 0.5) is 17.1 Å². The van der Waals surface area contributed by atoms with Gasteiger partial charge in [-0.15, -0.1) is 0 Å². The Kier molecular flexibility index (Phi) is 3.38. The fraction of sp³-hybridized carbons (Fsp3) is 0.143. The number of aryl methyl sites for hydroxylation is 1. The molecule has 2 aromatic rings. The maximum Gasteiger partial charge on any atom is 0.0653 e. The normalized spacial score (nSPS) is 10.3. The van der Waals surface area contributed by atoms with Gasteiger partial charge in [-0.05, 0) is 42.8 Å². The largest absolute Gasteiger partial charge is 0.397 e. The van der Waals surface area contributed by atoms with Crippen LogP contribution in [0.5, 0.6) is 0 Å². The second-order valence-electron chi connectivity index (χ2n) is 4.10. The van der Waals surface area contributed by atoms with Crippen molar-refractivity contribution in [1.29, 1.82) is 0 Å². The van der Waals surface area contributed by atoms with Crippen LogP contribution in [0.1, 0.15) is 5.56 Å². The quantitative estimate of drug-likeness (QED) is 0.844. The van der Waals surface area contributed by atoms with E-state index in [1.807, 2.05) is 25.2 Å². The van der Waals surface area contributed by atoms with Crippen molar-refractivity contribution in [1.82, 2.24) is 0 Å². The molecular formula is C14H15BrN2. The van der Waals surface area contributed by atoms with Gasteiger partial charge in [-0.3, -0.25) is 0 Å². The molecule has 0 aliphatic rings. The number of benzene rings is 2. The van der Waals surface area contributed by atoms with Crippen molar-refractivity contribution >= 4 is 33.0 Å². The monoisotopic (exact) mass is 290 g/mol. The zero-order valence-corrected chi connectivity index (χ0v) is 11.5. The molecule has 0 unspecified atom stereocenters. The summed E-state index contributed by atoms with van der Waals surface area (Å²) in [6.07, 6.45) is 0. The number of anilines is 3. The van der Waals surface area contributed by atoms with Gasteiger partial charge in [-0.2, -0.15) is 0 Å². The van der Waals surface area contributed by atoms with Crippen LogP contribution in [0.25, 0.3) is 0 Å². The number of hydrogen-bond donors (Lipinski definition) is 1. The lowest BCUT2D eigenvalue weighted by Gasteiger charge is -2.22. The van der Waals surface area contributed by atoms with Gasteiger partial charge < -0.3 is 10.6 Å². The first-order valence-corrected chi connectivity index (χ1v) is 6.22. The van der Waals surface area contributed by atoms with Crippen molar-refractivity contribution in [2.24, 2.45) is 0 Å². The van der Waals surface area contributed by atoms with E-state index in [1.54, 1.807) is 0 Å². The predicted molar refractivity (Wildman–Crippen MR) is 77.8 cm³/mol. The summed E-state index contributed by atoms with van der Waals surface area (Å²) >= 11 is 3.47. The molecule has 0 spiro atoms. The average molecular weight is 291 g/mol. The number of rotatable bonds is 2. The van der Waals surface area contributed by atoms with E-state index in [4.69, 9.17) is 5.73 Å². The molecule has 0 radical (unpaired) electrons. The summed E-state index contributed by atoms with van der Waals surface area (Å²) in [5.41, 5.74) is 10.2. The first kappa shape index (κ1) is 12.0. The van der Waals surface area contributed by atoms with Gasteiger partial charge in [0.15, 0.2) is 0 Å². The van der Waals surface area contributed by atoms with E-state index in [9.17, 15) is 0 Å². The van der Waals surface area contributed by atoms with E-state index in [2.05, 4.69) is 52.0 Å². The third-order valence-electron chi connectivity index (χ3n) is 2.74. The van der Waals surface area contributed by atoms with Gasteiger partial charge in [0.2, 0.25) is 0 Å². The van der Waals surface area contributed by atoms with Crippen LogP contribution in [0, 0.1) is 6.92 Å². The van der Waals surface area contributed by atoms with E-state index in [0.717, 1.165) is 21.5 Å². The Morgan fingerprint density at radius 3 is 2.59 bits per heavy atom. The highest BCUT2D eigenvalue weighted by Crippen LogP contribution is 2.31. The highest BCUT2D eigenvalue weighted by Gasteiger charge is 2.08. The zero-order valence-electron chi connectivity index (χ0n) is 9.94. The van der Waals surface area contributed by atoms with Crippen molar-refractivity contribution in [3.63, 3.8) is 0 Å². The van der Waals surface area contributed by atoms with Crippen molar-refractivity contribution in [2.75, 3.05) is 17.7 Å². The molecule has 0 atom stereocenters. The fourth-order valence-corrected chi connectivity index (χ4v) is 2.13. The van der Waals surface area contributed by atoms with Crippen LogP contribution < -0.4 is 10.6 Å². The van der Waals surface area contributed by atoms with Crippen molar-refractivity contribution in [3.05, 3.63) is 52.5 Å². The highest BCUT2D eigenvalue weighted by atomic mass is 79.9. The van der Waals surface area contributed by atoms with Crippen LogP contribution in [-0.2, 0) is 0 Å². The number of nitrogens with zero attached hydrogens (tertiary/aromatic N) is 1. The Morgan fingerprint density at radius 1 is 1.12 bits per heavy atom. The summed E-state index contributed by atoms with van der Waals surface area (Å²) in [4.78, 5) is 2.09. The first-order chi connectivity index (χ1) is 8.08. The fourth-order valence-electron chi connectivity index (χ4n) is 1.78. The van der Waals surface area contributed by atoms with Gasteiger partial charge >= 0.3 is 0 Å². The van der Waals surface area contributed by atoms with Gasteiger partial charge in [0, 0.05) is 17.2 Å². The molecule has 0 amide bonds. The predicted octanol–water partition coefficient (Wildman–Crippen LogP) is 4.11. The van der Waals surface area contributed by atoms with Gasteiger partial charge in [-0.1, -0.05) is 28.1 Å². The van der Waals surface area contributed by atoms with Gasteiger partial charge in [0.25, 0.3) is 0 Å². The number of nitrogens with two attached hydrogens (primary N) is 1. The smallest absolute Gasteiger partial charge is 0.0653 e. The molecule has 0 aliphatic carbocycles. The topological polar surface area (TPSA) is 29.3 Å². The molecule has 0 aliphatic heterocycles. The number of hydrogen-bond acceptors (Lipinski definition) is 2. The Balaban J connectivity index is 2.43. The van der Waals surface area contributed by atoms with E-state index in [1.165, 1.54) is 5.56 Å². The molecule has 2 N–H and O–H groups in total. The third-order valence-corrected chi connectivity index (χ3v) is 3.24. The second-order valence-corrected chi connectivity index (χ2v) is 5.02. The molecule has 88 valence electrons. The maximum absolute atomic E-state index is 6.00. The zero-order chi connectivity index (χ0) is 12.4. The summed E-state index contributed by atoms with van der Waals surface area (Å²) in [6.45, 7) is 2.08. The van der Waals surface area contributed by atoms with Crippen LogP contribution in [0.2, 0.25) is 0 Å². The average Bonchev–Trinajstić information content (AvgIpc) is 2.31. The molecule has 0 fully saturated rings. The molecule has 3 heteroatoms. The van der Waals surface area contributed by atoms with Crippen LogP contribution >= 0.6 is 15.9 Å². The van der Waals surface area contributed by atoms with Crippen molar-refractivity contribution in [2.45, 2.75) is 6.92 Å². The number of nitrogen functional groups attached to an aromatic ring is 1. The third kappa shape index (κ3) is 2.61. The molecular weight excluding hydrogens is 276 g/mol. The van der Waals surface area contributed by atoms with Crippen molar-refractivity contribution in [3.8, 4) is 0 Å².